The predicted octanol–water partition coefficient (Wildman–Crippen LogP) is 10.5. The molecule has 1 aromatic carbocycles. The lowest BCUT2D eigenvalue weighted by molar-refractivity contribution is 0.324. The Labute approximate surface area is 241 Å². The first-order valence-corrected chi connectivity index (χ1v) is 14.6. The number of aliphatic hydroxyl groups is 1. The molecule has 0 aliphatic heterocycles. The van der Waals surface area contributed by atoms with Gasteiger partial charge in [-0.05, 0) is 88.5 Å². The van der Waals surface area contributed by atoms with Crippen LogP contribution in [0.2, 0.25) is 0 Å². The number of benzene rings is 1. The topological polar surface area (TPSA) is 51.6 Å². The van der Waals surface area contributed by atoms with Crippen LogP contribution < -0.4 is 9.47 Å². The van der Waals surface area contributed by atoms with Crippen molar-refractivity contribution in [2.24, 2.45) is 11.8 Å². The highest BCUT2D eigenvalue weighted by atomic mass is 16.5. The second-order valence-corrected chi connectivity index (χ2v) is 11.3. The van der Waals surface area contributed by atoms with Gasteiger partial charge in [0, 0.05) is 17.5 Å². The average molecular weight is 542 g/mol. The monoisotopic (exact) mass is 541 g/mol. The fourth-order valence-corrected chi connectivity index (χ4v) is 4.60. The molecule has 4 heteroatoms. The van der Waals surface area contributed by atoms with Crippen molar-refractivity contribution in [1.82, 2.24) is 4.98 Å². The Hall–Kier alpha value is -3.53. The predicted molar refractivity (Wildman–Crippen MR) is 168 cm³/mol. The van der Waals surface area contributed by atoms with Crippen molar-refractivity contribution in [2.45, 2.75) is 80.1 Å². The van der Waals surface area contributed by atoms with E-state index in [1.165, 1.54) is 35.1 Å². The Morgan fingerprint density at radius 2 is 1.88 bits per heavy atom. The van der Waals surface area contributed by atoms with Crippen molar-refractivity contribution in [2.75, 3.05) is 6.61 Å². The maximum atomic E-state index is 9.88. The number of aromatic nitrogens is 1. The molecule has 0 spiro atoms. The minimum Gasteiger partial charge on any atom is -0.508 e. The number of rotatable bonds is 14. The van der Waals surface area contributed by atoms with Gasteiger partial charge in [-0.2, -0.15) is 0 Å². The fourth-order valence-electron chi connectivity index (χ4n) is 4.60. The maximum Gasteiger partial charge on any atom is 0.213 e. The Kier molecular flexibility index (Phi) is 11.4. The molecule has 4 nitrogen and oxygen atoms in total. The molecule has 1 saturated carbocycles. The summed E-state index contributed by atoms with van der Waals surface area (Å²) in [7, 11) is 0. The number of hydrogen-bond acceptors (Lipinski definition) is 4. The molecule has 0 amide bonds. The number of nitrogens with zero attached hydrogens (tertiary/aromatic N) is 1. The number of aliphatic hydroxyl groups excluding tert-OH is 1. The van der Waals surface area contributed by atoms with Crippen LogP contribution in [-0.2, 0) is 0 Å². The van der Waals surface area contributed by atoms with E-state index in [1.54, 1.807) is 6.20 Å². The van der Waals surface area contributed by atoms with Gasteiger partial charge < -0.3 is 14.6 Å². The molecule has 2 atom stereocenters. The van der Waals surface area contributed by atoms with Crippen LogP contribution in [0.3, 0.4) is 0 Å². The zero-order chi connectivity index (χ0) is 29.2. The molecule has 1 aliphatic carbocycles. The Morgan fingerprint density at radius 1 is 1.12 bits per heavy atom. The van der Waals surface area contributed by atoms with E-state index in [1.807, 2.05) is 30.3 Å². The largest absolute Gasteiger partial charge is 0.508 e. The van der Waals surface area contributed by atoms with Gasteiger partial charge in [-0.3, -0.25) is 0 Å². The molecule has 2 unspecified atom stereocenters. The highest BCUT2D eigenvalue weighted by molar-refractivity contribution is 5.60. The van der Waals surface area contributed by atoms with Crippen LogP contribution in [0.1, 0.15) is 91.2 Å². The lowest BCUT2D eigenvalue weighted by Crippen LogP contribution is -2.13. The maximum absolute atomic E-state index is 9.88. The smallest absolute Gasteiger partial charge is 0.213 e. The molecule has 1 heterocycles. The molecule has 40 heavy (non-hydrogen) atoms. The van der Waals surface area contributed by atoms with E-state index < -0.39 is 0 Å². The fraction of sp³-hybridized carbons (Fsp3) is 0.417. The summed E-state index contributed by atoms with van der Waals surface area (Å²) in [5.41, 5.74) is 7.19. The zero-order valence-corrected chi connectivity index (χ0v) is 25.5. The van der Waals surface area contributed by atoms with E-state index in [2.05, 4.69) is 84.3 Å². The van der Waals surface area contributed by atoms with E-state index in [9.17, 15) is 5.11 Å². The van der Waals surface area contributed by atoms with Crippen molar-refractivity contribution in [1.29, 1.82) is 0 Å². The third-order valence-corrected chi connectivity index (χ3v) is 7.86. The Balaban J connectivity index is 1.71. The van der Waals surface area contributed by atoms with Gasteiger partial charge >= 0.3 is 0 Å². The van der Waals surface area contributed by atoms with Gasteiger partial charge in [0.15, 0.2) is 0 Å². The van der Waals surface area contributed by atoms with Crippen LogP contribution >= 0.6 is 0 Å². The van der Waals surface area contributed by atoms with Crippen molar-refractivity contribution in [3.8, 4) is 17.4 Å². The van der Waals surface area contributed by atoms with Gasteiger partial charge in [-0.1, -0.05) is 80.5 Å². The van der Waals surface area contributed by atoms with Gasteiger partial charge in [0.1, 0.15) is 23.9 Å². The molecule has 0 radical (unpaired) electrons. The van der Waals surface area contributed by atoms with Crippen molar-refractivity contribution >= 4 is 5.76 Å². The van der Waals surface area contributed by atoms with Gasteiger partial charge in [0.2, 0.25) is 5.88 Å². The van der Waals surface area contributed by atoms with Gasteiger partial charge in [0.05, 0.1) is 6.20 Å². The van der Waals surface area contributed by atoms with E-state index in [4.69, 9.17) is 9.47 Å². The highest BCUT2D eigenvalue weighted by Gasteiger charge is 2.27. The Morgan fingerprint density at radius 3 is 2.48 bits per heavy atom. The second kappa shape index (κ2) is 14.7. The molecule has 1 N–H and O–H groups in total. The van der Waals surface area contributed by atoms with Gasteiger partial charge in [-0.15, -0.1) is 0 Å². The van der Waals surface area contributed by atoms with Crippen LogP contribution in [0.25, 0.3) is 5.76 Å². The SMILES string of the molecule is C=C(O)c1ccc(C(C)CC)c(Oc2ccc(OC/C(=C(/C)C3CC3)C(C)/C(C)=C/C=C\CC=C(C)C)nc2)c1. The number of pyridine rings is 1. The number of ether oxygens (including phenoxy) is 2. The first-order valence-electron chi connectivity index (χ1n) is 14.6. The normalized spacial score (nSPS) is 15.8. The summed E-state index contributed by atoms with van der Waals surface area (Å²) in [5, 5.41) is 9.88. The average Bonchev–Trinajstić information content (AvgIpc) is 3.78. The standard InChI is InChI=1S/C36H47NO3/c1-9-25(4)33-19-17-31(29(8)38)21-35(33)40-32-18-20-36(37-22-32)39-23-34(28(7)30-15-16-30)27(6)26(5)14-12-10-11-13-24(2)3/h10,12-14,17-22,25,27,30,38H,8-9,11,15-16,23H2,1-7H3/b12-10-,26-14+,34-28+. The zero-order valence-electron chi connectivity index (χ0n) is 25.5. The van der Waals surface area contributed by atoms with Gasteiger partial charge in [0.25, 0.3) is 0 Å². The molecule has 214 valence electrons. The first kappa shape index (κ1) is 31.0. The van der Waals surface area contributed by atoms with Gasteiger partial charge in [-0.25, -0.2) is 4.98 Å². The lowest BCUT2D eigenvalue weighted by Gasteiger charge is -2.21. The first-order chi connectivity index (χ1) is 19.1. The molecule has 3 rings (SSSR count). The summed E-state index contributed by atoms with van der Waals surface area (Å²) in [6, 6.07) is 9.44. The minimum atomic E-state index is 0.0202. The molecule has 1 aliphatic rings. The van der Waals surface area contributed by atoms with E-state index in [-0.39, 0.29) is 5.76 Å². The molecule has 0 bridgehead atoms. The molecule has 1 aromatic heterocycles. The van der Waals surface area contributed by atoms with Crippen molar-refractivity contribution in [3.63, 3.8) is 0 Å². The molecule has 1 fully saturated rings. The van der Waals surface area contributed by atoms with Crippen molar-refractivity contribution in [3.05, 3.63) is 101 Å². The number of hydrogen-bond donors (Lipinski definition) is 1. The quantitative estimate of drug-likeness (QED) is 0.147. The molecular formula is C36H47NO3. The summed E-state index contributed by atoms with van der Waals surface area (Å²) in [4.78, 5) is 4.54. The van der Waals surface area contributed by atoms with E-state index >= 15 is 0 Å². The summed E-state index contributed by atoms with van der Waals surface area (Å²) in [6.07, 6.45) is 15.0. The number of allylic oxidation sites excluding steroid dienone is 7. The minimum absolute atomic E-state index is 0.0202. The molecule has 2 aromatic rings. The second-order valence-electron chi connectivity index (χ2n) is 11.3. The summed E-state index contributed by atoms with van der Waals surface area (Å²) >= 11 is 0. The highest BCUT2D eigenvalue weighted by Crippen LogP contribution is 2.40. The van der Waals surface area contributed by atoms with Crippen LogP contribution in [-0.4, -0.2) is 16.7 Å². The summed E-state index contributed by atoms with van der Waals surface area (Å²) in [5.74, 6) is 3.21. The van der Waals surface area contributed by atoms with E-state index in [0.717, 1.165) is 18.4 Å². The van der Waals surface area contributed by atoms with Crippen LogP contribution in [0.15, 0.2) is 89.7 Å². The van der Waals surface area contributed by atoms with Crippen LogP contribution in [0.5, 0.6) is 17.4 Å². The van der Waals surface area contributed by atoms with Crippen molar-refractivity contribution < 1.29 is 14.6 Å². The molecular weight excluding hydrogens is 494 g/mol. The summed E-state index contributed by atoms with van der Waals surface area (Å²) < 4.78 is 12.4. The van der Waals surface area contributed by atoms with Crippen LogP contribution in [0, 0.1) is 11.8 Å². The summed E-state index contributed by atoms with van der Waals surface area (Å²) in [6.45, 7) is 19.5. The third-order valence-electron chi connectivity index (χ3n) is 7.86. The molecule has 0 saturated heterocycles. The van der Waals surface area contributed by atoms with E-state index in [0.29, 0.717) is 47.3 Å². The van der Waals surface area contributed by atoms with Crippen LogP contribution in [0.4, 0.5) is 0 Å². The third kappa shape index (κ3) is 9.01. The Bertz CT molecular complexity index is 1270. The lowest BCUT2D eigenvalue weighted by atomic mass is 9.89.